The number of nitrogens with one attached hydrogen (secondary N) is 1. The molecule has 0 aliphatic carbocycles. The van der Waals surface area contributed by atoms with Crippen LogP contribution in [0.3, 0.4) is 0 Å². The summed E-state index contributed by atoms with van der Waals surface area (Å²) in [7, 11) is 0. The van der Waals surface area contributed by atoms with Crippen molar-refractivity contribution in [2.45, 2.75) is 6.54 Å². The van der Waals surface area contributed by atoms with Gasteiger partial charge in [0.25, 0.3) is 11.8 Å². The summed E-state index contributed by atoms with van der Waals surface area (Å²) < 4.78 is 10.3. The molecule has 0 bridgehead atoms. The zero-order valence-corrected chi connectivity index (χ0v) is 13.7. The summed E-state index contributed by atoms with van der Waals surface area (Å²) in [6.45, 7) is 0.134. The lowest BCUT2D eigenvalue weighted by atomic mass is 10.1. The zero-order valence-electron chi connectivity index (χ0n) is 12.9. The first-order chi connectivity index (χ1) is 12.3. The third-order valence-corrected chi connectivity index (χ3v) is 4.27. The third kappa shape index (κ3) is 3.33. The predicted molar refractivity (Wildman–Crippen MR) is 90.7 cm³/mol. The molecule has 124 valence electrons. The second-order valence-corrected chi connectivity index (χ2v) is 6.07. The maximum absolute atomic E-state index is 12.2. The fourth-order valence-corrected chi connectivity index (χ4v) is 2.84. The van der Waals surface area contributed by atoms with Crippen LogP contribution in [0.1, 0.15) is 16.4 Å². The summed E-state index contributed by atoms with van der Waals surface area (Å²) in [4.78, 5) is 17.3. The van der Waals surface area contributed by atoms with Crippen molar-refractivity contribution in [2.75, 3.05) is 0 Å². The van der Waals surface area contributed by atoms with E-state index >= 15 is 0 Å². The van der Waals surface area contributed by atoms with Crippen LogP contribution in [0.15, 0.2) is 63.0 Å². The third-order valence-electron chi connectivity index (χ3n) is 3.41. The Morgan fingerprint density at radius 3 is 2.76 bits per heavy atom. The molecule has 4 rings (SSSR count). The van der Waals surface area contributed by atoms with Gasteiger partial charge in [-0.05, 0) is 11.4 Å². The maximum Gasteiger partial charge on any atom is 0.290 e. The molecule has 0 aliphatic rings. The number of aromatic nitrogens is 3. The van der Waals surface area contributed by atoms with Crippen molar-refractivity contribution in [3.63, 3.8) is 0 Å². The first-order valence-corrected chi connectivity index (χ1v) is 8.34. The molecule has 4 aromatic rings. The summed E-state index contributed by atoms with van der Waals surface area (Å²) in [5.41, 5.74) is 1.48. The van der Waals surface area contributed by atoms with E-state index < -0.39 is 5.91 Å². The van der Waals surface area contributed by atoms with Crippen molar-refractivity contribution < 1.29 is 13.8 Å². The SMILES string of the molecule is O=C(NCc1noc(-c2cccs2)n1)c1cc(-c2ccccc2)no1. The van der Waals surface area contributed by atoms with Crippen molar-refractivity contribution in [1.82, 2.24) is 20.6 Å². The van der Waals surface area contributed by atoms with E-state index in [1.165, 1.54) is 11.3 Å². The van der Waals surface area contributed by atoms with Gasteiger partial charge in [0.05, 0.1) is 11.4 Å². The normalized spacial score (nSPS) is 10.7. The van der Waals surface area contributed by atoms with Crippen LogP contribution in [0.25, 0.3) is 22.0 Å². The minimum atomic E-state index is -0.392. The second-order valence-electron chi connectivity index (χ2n) is 5.12. The highest BCUT2D eigenvalue weighted by Gasteiger charge is 2.15. The lowest BCUT2D eigenvalue weighted by Crippen LogP contribution is -2.22. The molecule has 0 radical (unpaired) electrons. The molecule has 7 nitrogen and oxygen atoms in total. The summed E-state index contributed by atoms with van der Waals surface area (Å²) in [6.07, 6.45) is 0. The quantitative estimate of drug-likeness (QED) is 0.592. The van der Waals surface area contributed by atoms with Crippen molar-refractivity contribution in [3.8, 4) is 22.0 Å². The molecule has 0 spiro atoms. The van der Waals surface area contributed by atoms with E-state index in [-0.39, 0.29) is 12.3 Å². The molecule has 0 fully saturated rings. The van der Waals surface area contributed by atoms with Gasteiger partial charge in [-0.15, -0.1) is 11.3 Å². The van der Waals surface area contributed by atoms with Gasteiger partial charge in [0.2, 0.25) is 5.76 Å². The van der Waals surface area contributed by atoms with Crippen LogP contribution >= 0.6 is 11.3 Å². The first-order valence-electron chi connectivity index (χ1n) is 7.46. The molecule has 1 N–H and O–H groups in total. The number of carbonyl (C=O) groups is 1. The molecule has 3 aromatic heterocycles. The summed E-state index contributed by atoms with van der Waals surface area (Å²) >= 11 is 1.50. The van der Waals surface area contributed by atoms with Crippen molar-refractivity contribution in [3.05, 3.63) is 65.5 Å². The highest BCUT2D eigenvalue weighted by Crippen LogP contribution is 2.22. The summed E-state index contributed by atoms with van der Waals surface area (Å²) in [6, 6.07) is 14.9. The number of hydrogen-bond acceptors (Lipinski definition) is 7. The maximum atomic E-state index is 12.2. The average Bonchev–Trinajstić information content (AvgIpc) is 3.41. The second kappa shape index (κ2) is 6.70. The highest BCUT2D eigenvalue weighted by molar-refractivity contribution is 7.13. The highest BCUT2D eigenvalue weighted by atomic mass is 32.1. The number of amides is 1. The van der Waals surface area contributed by atoms with Crippen LogP contribution < -0.4 is 5.32 Å². The van der Waals surface area contributed by atoms with Crippen molar-refractivity contribution in [2.24, 2.45) is 0 Å². The molecular weight excluding hydrogens is 340 g/mol. The number of rotatable bonds is 5. The topological polar surface area (TPSA) is 94.1 Å². The van der Waals surface area contributed by atoms with Gasteiger partial charge in [-0.3, -0.25) is 4.79 Å². The Kier molecular flexibility index (Phi) is 4.09. The molecule has 0 saturated carbocycles. The number of thiophene rings is 1. The van der Waals surface area contributed by atoms with E-state index in [1.807, 2.05) is 47.8 Å². The number of carbonyl (C=O) groups excluding carboxylic acids is 1. The van der Waals surface area contributed by atoms with Gasteiger partial charge in [-0.1, -0.05) is 46.7 Å². The Hall–Kier alpha value is -3.26. The van der Waals surface area contributed by atoms with E-state index in [0.29, 0.717) is 17.4 Å². The fraction of sp³-hybridized carbons (Fsp3) is 0.0588. The average molecular weight is 352 g/mol. The van der Waals surface area contributed by atoms with Crippen LogP contribution in [0.5, 0.6) is 0 Å². The molecule has 0 unspecified atom stereocenters. The van der Waals surface area contributed by atoms with Crippen molar-refractivity contribution >= 4 is 17.2 Å². The molecule has 25 heavy (non-hydrogen) atoms. The number of hydrogen-bond donors (Lipinski definition) is 1. The minimum Gasteiger partial charge on any atom is -0.350 e. The smallest absolute Gasteiger partial charge is 0.290 e. The lowest BCUT2D eigenvalue weighted by Gasteiger charge is -1.97. The molecular formula is C17H12N4O3S. The number of nitrogens with zero attached hydrogens (tertiary/aromatic N) is 3. The Labute approximate surface area is 146 Å². The van der Waals surface area contributed by atoms with E-state index in [1.54, 1.807) is 6.07 Å². The van der Waals surface area contributed by atoms with E-state index in [4.69, 9.17) is 9.05 Å². The first kappa shape index (κ1) is 15.3. The Morgan fingerprint density at radius 1 is 1.08 bits per heavy atom. The Morgan fingerprint density at radius 2 is 1.96 bits per heavy atom. The van der Waals surface area contributed by atoms with E-state index in [0.717, 1.165) is 10.4 Å². The van der Waals surface area contributed by atoms with Gasteiger partial charge in [0, 0.05) is 11.6 Å². The van der Waals surface area contributed by atoms with Crippen LogP contribution in [0.2, 0.25) is 0 Å². The van der Waals surface area contributed by atoms with Crippen LogP contribution in [0.4, 0.5) is 0 Å². The van der Waals surface area contributed by atoms with Gasteiger partial charge in [0.1, 0.15) is 5.69 Å². The van der Waals surface area contributed by atoms with E-state index in [2.05, 4.69) is 20.6 Å². The number of benzene rings is 1. The Bertz CT molecular complexity index is 976. The largest absolute Gasteiger partial charge is 0.350 e. The van der Waals surface area contributed by atoms with Gasteiger partial charge >= 0.3 is 0 Å². The zero-order chi connectivity index (χ0) is 17.1. The molecule has 8 heteroatoms. The monoisotopic (exact) mass is 352 g/mol. The molecule has 0 atom stereocenters. The van der Waals surface area contributed by atoms with Gasteiger partial charge in [-0.2, -0.15) is 4.98 Å². The molecule has 1 aromatic carbocycles. The van der Waals surface area contributed by atoms with Crippen LogP contribution in [0, 0.1) is 0 Å². The lowest BCUT2D eigenvalue weighted by molar-refractivity contribution is 0.0912. The Balaban J connectivity index is 1.40. The van der Waals surface area contributed by atoms with Crippen LogP contribution in [-0.4, -0.2) is 21.2 Å². The van der Waals surface area contributed by atoms with Gasteiger partial charge in [-0.25, -0.2) is 0 Å². The van der Waals surface area contributed by atoms with E-state index in [9.17, 15) is 4.79 Å². The minimum absolute atomic E-state index is 0.126. The van der Waals surface area contributed by atoms with Gasteiger partial charge < -0.3 is 14.4 Å². The summed E-state index contributed by atoms with van der Waals surface area (Å²) in [5.74, 6) is 0.558. The fourth-order valence-electron chi connectivity index (χ4n) is 2.20. The molecule has 3 heterocycles. The summed E-state index contributed by atoms with van der Waals surface area (Å²) in [5, 5.41) is 12.4. The van der Waals surface area contributed by atoms with Gasteiger partial charge in [0.15, 0.2) is 5.82 Å². The molecule has 0 aliphatic heterocycles. The van der Waals surface area contributed by atoms with Crippen molar-refractivity contribution in [1.29, 1.82) is 0 Å². The van der Waals surface area contributed by atoms with Crippen LogP contribution in [-0.2, 0) is 6.54 Å². The molecule has 0 saturated heterocycles. The predicted octanol–water partition coefficient (Wildman–Crippen LogP) is 3.38. The standard InChI is InChI=1S/C17H12N4O3S/c22-16(13-9-12(20-23-13)11-5-2-1-3-6-11)18-10-15-19-17(24-21-15)14-7-4-8-25-14/h1-9H,10H2,(H,18,22). The molecule has 1 amide bonds.